The van der Waals surface area contributed by atoms with Gasteiger partial charge in [0.25, 0.3) is 0 Å². The predicted molar refractivity (Wildman–Crippen MR) is 76.5 cm³/mol. The van der Waals surface area contributed by atoms with Crippen molar-refractivity contribution < 1.29 is 4.79 Å². The van der Waals surface area contributed by atoms with Gasteiger partial charge < -0.3 is 10.6 Å². The van der Waals surface area contributed by atoms with Crippen LogP contribution >= 0.6 is 0 Å². The van der Waals surface area contributed by atoms with Crippen LogP contribution in [0.5, 0.6) is 0 Å². The lowest BCUT2D eigenvalue weighted by molar-refractivity contribution is -0.135. The largest absolute Gasteiger partial charge is 0.339 e. The highest BCUT2D eigenvalue weighted by atomic mass is 16.2. The smallest absolute Gasteiger partial charge is 0.229 e. The standard InChI is InChI=1S/C16H26N2O/c1-15(2)7-13-8-16(3,9-15)10-18(13)14(19)11-4-5-12(17)6-11/h4-5,11-13H,6-10,17H2,1-3H3. The van der Waals surface area contributed by atoms with Gasteiger partial charge in [-0.25, -0.2) is 0 Å². The van der Waals surface area contributed by atoms with Gasteiger partial charge in [0, 0.05) is 18.6 Å². The van der Waals surface area contributed by atoms with Gasteiger partial charge in [-0.15, -0.1) is 0 Å². The van der Waals surface area contributed by atoms with Crippen molar-refractivity contribution in [3.05, 3.63) is 12.2 Å². The van der Waals surface area contributed by atoms with Crippen LogP contribution in [0, 0.1) is 16.7 Å². The number of carbonyl (C=O) groups excluding carboxylic acids is 1. The van der Waals surface area contributed by atoms with E-state index in [9.17, 15) is 4.79 Å². The molecular weight excluding hydrogens is 236 g/mol. The van der Waals surface area contributed by atoms with E-state index in [1.54, 1.807) is 0 Å². The maximum absolute atomic E-state index is 12.7. The molecule has 0 aromatic heterocycles. The molecule has 1 aliphatic heterocycles. The van der Waals surface area contributed by atoms with Gasteiger partial charge in [0.15, 0.2) is 0 Å². The normalized spacial score (nSPS) is 43.8. The molecule has 106 valence electrons. The summed E-state index contributed by atoms with van der Waals surface area (Å²) in [6, 6.07) is 0.523. The average Bonchev–Trinajstić information content (AvgIpc) is 2.78. The summed E-state index contributed by atoms with van der Waals surface area (Å²) < 4.78 is 0. The molecule has 3 nitrogen and oxygen atoms in total. The van der Waals surface area contributed by atoms with Crippen molar-refractivity contribution in [3.8, 4) is 0 Å². The highest BCUT2D eigenvalue weighted by Crippen LogP contribution is 2.52. The fraction of sp³-hybridized carbons (Fsp3) is 0.812. The summed E-state index contributed by atoms with van der Waals surface area (Å²) in [7, 11) is 0. The first kappa shape index (κ1) is 13.2. The molecule has 0 aromatic rings. The number of nitrogens with two attached hydrogens (primary N) is 1. The van der Waals surface area contributed by atoms with Gasteiger partial charge in [-0.05, 0) is 36.5 Å². The molecule has 0 aromatic carbocycles. The molecule has 2 N–H and O–H groups in total. The fourth-order valence-corrected chi connectivity index (χ4v) is 4.84. The zero-order chi connectivity index (χ0) is 13.8. The van der Waals surface area contributed by atoms with Crippen LogP contribution in [0.25, 0.3) is 0 Å². The molecule has 2 aliphatic carbocycles. The Labute approximate surface area is 116 Å². The molecule has 2 fully saturated rings. The molecule has 3 rings (SSSR count). The first-order valence-corrected chi connectivity index (χ1v) is 7.52. The van der Waals surface area contributed by atoms with Crippen molar-refractivity contribution in [3.63, 3.8) is 0 Å². The Morgan fingerprint density at radius 3 is 2.63 bits per heavy atom. The molecule has 1 saturated carbocycles. The lowest BCUT2D eigenvalue weighted by atomic mass is 9.65. The van der Waals surface area contributed by atoms with E-state index < -0.39 is 0 Å². The zero-order valence-electron chi connectivity index (χ0n) is 12.4. The van der Waals surface area contributed by atoms with Gasteiger partial charge in [0.1, 0.15) is 0 Å². The topological polar surface area (TPSA) is 46.3 Å². The van der Waals surface area contributed by atoms with Crippen molar-refractivity contribution >= 4 is 5.91 Å². The van der Waals surface area contributed by atoms with E-state index in [1.165, 1.54) is 12.8 Å². The zero-order valence-corrected chi connectivity index (χ0v) is 12.4. The molecular formula is C16H26N2O. The number of rotatable bonds is 1. The summed E-state index contributed by atoms with van der Waals surface area (Å²) in [4.78, 5) is 14.9. The van der Waals surface area contributed by atoms with Crippen molar-refractivity contribution in [1.82, 2.24) is 4.90 Å². The molecule has 0 radical (unpaired) electrons. The SMILES string of the molecule is CC1(C)CC2CC(C)(CN2C(=O)C2C=CC(N)C2)C1. The Hall–Kier alpha value is -0.830. The molecule has 3 aliphatic rings. The third-order valence-electron chi connectivity index (χ3n) is 5.13. The van der Waals surface area contributed by atoms with E-state index in [4.69, 9.17) is 5.73 Å². The third kappa shape index (κ3) is 2.33. The maximum Gasteiger partial charge on any atom is 0.229 e. The van der Waals surface area contributed by atoms with Crippen LogP contribution in [0.4, 0.5) is 0 Å². The number of amides is 1. The van der Waals surface area contributed by atoms with Crippen LogP contribution in [-0.4, -0.2) is 29.4 Å². The second-order valence-electron chi connectivity index (χ2n) is 8.07. The number of fused-ring (bicyclic) bond motifs is 2. The molecule has 1 saturated heterocycles. The van der Waals surface area contributed by atoms with Crippen molar-refractivity contribution in [2.75, 3.05) is 6.54 Å². The molecule has 1 amide bonds. The maximum atomic E-state index is 12.7. The van der Waals surface area contributed by atoms with E-state index in [0.29, 0.717) is 22.8 Å². The molecule has 2 bridgehead atoms. The lowest BCUT2D eigenvalue weighted by Crippen LogP contribution is -2.40. The summed E-state index contributed by atoms with van der Waals surface area (Å²) in [5.74, 6) is 0.344. The Morgan fingerprint density at radius 2 is 2.00 bits per heavy atom. The van der Waals surface area contributed by atoms with E-state index in [0.717, 1.165) is 19.4 Å². The van der Waals surface area contributed by atoms with Gasteiger partial charge >= 0.3 is 0 Å². The second kappa shape index (κ2) is 4.08. The van der Waals surface area contributed by atoms with Crippen LogP contribution in [0.2, 0.25) is 0 Å². The van der Waals surface area contributed by atoms with E-state index in [-0.39, 0.29) is 12.0 Å². The summed E-state index contributed by atoms with van der Waals surface area (Å²) in [6.07, 6.45) is 8.36. The van der Waals surface area contributed by atoms with Crippen molar-refractivity contribution in [1.29, 1.82) is 0 Å². The van der Waals surface area contributed by atoms with E-state index in [1.807, 2.05) is 12.2 Å². The lowest BCUT2D eigenvalue weighted by Gasteiger charge is -2.39. The van der Waals surface area contributed by atoms with Crippen LogP contribution in [0.3, 0.4) is 0 Å². The number of likely N-dealkylation sites (tertiary alicyclic amines) is 1. The molecule has 4 atom stereocenters. The van der Waals surface area contributed by atoms with Crippen molar-refractivity contribution in [2.24, 2.45) is 22.5 Å². The quantitative estimate of drug-likeness (QED) is 0.737. The van der Waals surface area contributed by atoms with Gasteiger partial charge in [-0.2, -0.15) is 0 Å². The van der Waals surface area contributed by atoms with Gasteiger partial charge in [-0.3, -0.25) is 4.79 Å². The molecule has 1 heterocycles. The van der Waals surface area contributed by atoms with Gasteiger partial charge in [0.05, 0.1) is 5.92 Å². The first-order valence-electron chi connectivity index (χ1n) is 7.52. The molecule has 19 heavy (non-hydrogen) atoms. The minimum atomic E-state index is 0.0288. The van der Waals surface area contributed by atoms with Crippen LogP contribution in [0.1, 0.15) is 46.5 Å². The fourth-order valence-electron chi connectivity index (χ4n) is 4.84. The van der Waals surface area contributed by atoms with Crippen LogP contribution in [-0.2, 0) is 4.79 Å². The minimum Gasteiger partial charge on any atom is -0.339 e. The Kier molecular flexibility index (Phi) is 2.83. The Balaban J connectivity index is 1.77. The first-order chi connectivity index (χ1) is 8.78. The second-order valence-corrected chi connectivity index (χ2v) is 8.07. The monoisotopic (exact) mass is 262 g/mol. The minimum absolute atomic E-state index is 0.0288. The number of carbonyl (C=O) groups is 1. The predicted octanol–water partition coefficient (Wildman–Crippen LogP) is 2.32. The Morgan fingerprint density at radius 1 is 1.26 bits per heavy atom. The van der Waals surface area contributed by atoms with Crippen LogP contribution in [0.15, 0.2) is 12.2 Å². The van der Waals surface area contributed by atoms with Gasteiger partial charge in [-0.1, -0.05) is 32.9 Å². The number of nitrogens with zero attached hydrogens (tertiary/aromatic N) is 1. The highest BCUT2D eigenvalue weighted by molar-refractivity contribution is 5.82. The molecule has 0 spiro atoms. The molecule has 4 unspecified atom stereocenters. The number of hydrogen-bond donors (Lipinski definition) is 1. The van der Waals surface area contributed by atoms with Crippen molar-refractivity contribution in [2.45, 2.75) is 58.5 Å². The third-order valence-corrected chi connectivity index (χ3v) is 5.13. The van der Waals surface area contributed by atoms with Gasteiger partial charge in [0.2, 0.25) is 5.91 Å². The van der Waals surface area contributed by atoms with E-state index >= 15 is 0 Å². The summed E-state index contributed by atoms with van der Waals surface area (Å²) in [5, 5.41) is 0. The van der Waals surface area contributed by atoms with E-state index in [2.05, 4.69) is 25.7 Å². The highest BCUT2D eigenvalue weighted by Gasteiger charge is 2.51. The summed E-state index contributed by atoms with van der Waals surface area (Å²) in [5.41, 5.74) is 6.58. The average molecular weight is 262 g/mol. The summed E-state index contributed by atoms with van der Waals surface area (Å²) in [6.45, 7) is 7.98. The number of hydrogen-bond acceptors (Lipinski definition) is 2. The summed E-state index contributed by atoms with van der Waals surface area (Å²) >= 11 is 0. The van der Waals surface area contributed by atoms with Crippen LogP contribution < -0.4 is 5.73 Å². The Bertz CT molecular complexity index is 428. The molecule has 3 heteroatoms.